The molecule has 0 aromatic heterocycles. The van der Waals surface area contributed by atoms with Gasteiger partial charge in [0.25, 0.3) is 0 Å². The van der Waals surface area contributed by atoms with Crippen LogP contribution >= 0.6 is 11.6 Å². The van der Waals surface area contributed by atoms with Gasteiger partial charge >= 0.3 is 0 Å². The molecular formula is C15H26ClN3. The van der Waals surface area contributed by atoms with E-state index < -0.39 is 0 Å². The average molecular weight is 284 g/mol. The van der Waals surface area contributed by atoms with Gasteiger partial charge in [-0.2, -0.15) is 0 Å². The van der Waals surface area contributed by atoms with Gasteiger partial charge in [0, 0.05) is 19.6 Å². The van der Waals surface area contributed by atoms with Crippen molar-refractivity contribution in [3.05, 3.63) is 23.5 Å². The van der Waals surface area contributed by atoms with Crippen molar-refractivity contribution in [1.82, 2.24) is 9.80 Å². The van der Waals surface area contributed by atoms with Crippen molar-refractivity contribution in [2.45, 2.75) is 33.6 Å². The number of hydrogen-bond acceptors (Lipinski definition) is 3. The standard InChI is InChI=1S/C15H26ClN3/c1-5-13(3)12-14(16)17-15(6-2)19-9-7-8-18(4)10-11-19/h6,12H,5,7-11H2,1-4H3/b13-12+,15-6+,17-14+. The fourth-order valence-electron chi connectivity index (χ4n) is 2.04. The molecule has 0 unspecified atom stereocenters. The molecule has 19 heavy (non-hydrogen) atoms. The van der Waals surface area contributed by atoms with Crippen molar-refractivity contribution >= 4 is 16.8 Å². The van der Waals surface area contributed by atoms with Gasteiger partial charge in [0.05, 0.1) is 0 Å². The minimum absolute atomic E-state index is 0.574. The van der Waals surface area contributed by atoms with E-state index in [4.69, 9.17) is 11.6 Å². The molecule has 0 N–H and O–H groups in total. The number of allylic oxidation sites excluding steroid dienone is 3. The van der Waals surface area contributed by atoms with Crippen LogP contribution in [-0.2, 0) is 0 Å². The maximum absolute atomic E-state index is 6.21. The highest BCUT2D eigenvalue weighted by Crippen LogP contribution is 2.13. The Labute approximate surface area is 122 Å². The van der Waals surface area contributed by atoms with Crippen molar-refractivity contribution in [1.29, 1.82) is 0 Å². The van der Waals surface area contributed by atoms with Crippen molar-refractivity contribution in [2.75, 3.05) is 33.2 Å². The minimum atomic E-state index is 0.574. The summed E-state index contributed by atoms with van der Waals surface area (Å²) in [5, 5.41) is 0.574. The zero-order valence-corrected chi connectivity index (χ0v) is 13.4. The molecule has 1 rings (SSSR count). The number of rotatable bonds is 4. The summed E-state index contributed by atoms with van der Waals surface area (Å²) in [6.07, 6.45) is 6.17. The lowest BCUT2D eigenvalue weighted by Gasteiger charge is -2.22. The zero-order valence-electron chi connectivity index (χ0n) is 12.6. The van der Waals surface area contributed by atoms with Gasteiger partial charge in [0.1, 0.15) is 11.0 Å². The van der Waals surface area contributed by atoms with Gasteiger partial charge in [0.2, 0.25) is 0 Å². The molecule has 0 spiro atoms. The molecule has 1 aliphatic rings. The topological polar surface area (TPSA) is 18.8 Å². The molecule has 0 atom stereocenters. The van der Waals surface area contributed by atoms with Crippen LogP contribution in [0.4, 0.5) is 0 Å². The van der Waals surface area contributed by atoms with E-state index >= 15 is 0 Å². The lowest BCUT2D eigenvalue weighted by Crippen LogP contribution is -2.28. The molecular weight excluding hydrogens is 258 g/mol. The van der Waals surface area contributed by atoms with E-state index in [0.29, 0.717) is 5.17 Å². The first-order chi connectivity index (χ1) is 9.06. The largest absolute Gasteiger partial charge is 0.356 e. The second-order valence-electron chi connectivity index (χ2n) is 5.07. The molecule has 1 fully saturated rings. The first-order valence-electron chi connectivity index (χ1n) is 7.08. The predicted molar refractivity (Wildman–Crippen MR) is 84.8 cm³/mol. The molecule has 1 heterocycles. The normalized spacial score (nSPS) is 20.7. The van der Waals surface area contributed by atoms with Gasteiger partial charge in [-0.15, -0.1) is 0 Å². The number of halogens is 1. The van der Waals surface area contributed by atoms with Crippen molar-refractivity contribution in [3.8, 4) is 0 Å². The van der Waals surface area contributed by atoms with Crippen LogP contribution in [-0.4, -0.2) is 48.2 Å². The minimum Gasteiger partial charge on any atom is -0.356 e. The summed E-state index contributed by atoms with van der Waals surface area (Å²) in [4.78, 5) is 9.23. The second-order valence-corrected chi connectivity index (χ2v) is 5.46. The maximum atomic E-state index is 6.21. The summed E-state index contributed by atoms with van der Waals surface area (Å²) in [5.41, 5.74) is 1.25. The van der Waals surface area contributed by atoms with Gasteiger partial charge in [-0.05, 0) is 52.4 Å². The first kappa shape index (κ1) is 16.3. The van der Waals surface area contributed by atoms with E-state index in [-0.39, 0.29) is 0 Å². The Balaban J connectivity index is 2.75. The predicted octanol–water partition coefficient (Wildman–Crippen LogP) is 3.48. The van der Waals surface area contributed by atoms with Crippen molar-refractivity contribution < 1.29 is 0 Å². The third-order valence-electron chi connectivity index (χ3n) is 3.45. The van der Waals surface area contributed by atoms with Gasteiger partial charge in [0.15, 0.2) is 0 Å². The van der Waals surface area contributed by atoms with Gasteiger partial charge in [-0.25, -0.2) is 4.99 Å². The van der Waals surface area contributed by atoms with Crippen LogP contribution in [0.15, 0.2) is 28.5 Å². The van der Waals surface area contributed by atoms with E-state index in [1.165, 1.54) is 12.0 Å². The van der Waals surface area contributed by atoms with Gasteiger partial charge < -0.3 is 9.80 Å². The van der Waals surface area contributed by atoms with Gasteiger partial charge in [-0.1, -0.05) is 24.1 Å². The second kappa shape index (κ2) is 8.39. The highest BCUT2D eigenvalue weighted by molar-refractivity contribution is 6.68. The Kier molecular flexibility index (Phi) is 7.17. The van der Waals surface area contributed by atoms with Crippen molar-refractivity contribution in [2.24, 2.45) is 4.99 Å². The Morgan fingerprint density at radius 2 is 2.00 bits per heavy atom. The summed E-state index contributed by atoms with van der Waals surface area (Å²) in [5.74, 6) is 0.987. The SMILES string of the molecule is C\C=C(/N=C(Cl)\C=C(/C)CC)N1CCCN(C)CC1. The first-order valence-corrected chi connectivity index (χ1v) is 7.45. The molecule has 0 saturated carbocycles. The molecule has 0 aromatic carbocycles. The summed E-state index contributed by atoms with van der Waals surface area (Å²) in [7, 11) is 2.17. The van der Waals surface area contributed by atoms with E-state index in [2.05, 4.69) is 35.7 Å². The number of nitrogens with zero attached hydrogens (tertiary/aromatic N) is 3. The van der Waals surface area contributed by atoms with Crippen molar-refractivity contribution in [3.63, 3.8) is 0 Å². The van der Waals surface area contributed by atoms with E-state index in [1.54, 1.807) is 0 Å². The summed E-state index contributed by atoms with van der Waals surface area (Å²) in [6, 6.07) is 0. The van der Waals surface area contributed by atoms with Crippen LogP contribution in [0.2, 0.25) is 0 Å². The lowest BCUT2D eigenvalue weighted by molar-refractivity contribution is 0.324. The van der Waals surface area contributed by atoms with Gasteiger partial charge in [-0.3, -0.25) is 0 Å². The average Bonchev–Trinajstić information content (AvgIpc) is 2.60. The number of likely N-dealkylation sites (N-methyl/N-ethyl adjacent to an activating group) is 1. The van der Waals surface area contributed by atoms with E-state index in [1.807, 2.05) is 19.1 Å². The fraction of sp³-hybridized carbons (Fsp3) is 0.667. The molecule has 1 aliphatic heterocycles. The third kappa shape index (κ3) is 5.79. The number of aliphatic imine (C=N–C) groups is 1. The van der Waals surface area contributed by atoms with Crippen LogP contribution in [0.1, 0.15) is 33.6 Å². The van der Waals surface area contributed by atoms with E-state index in [0.717, 1.165) is 38.4 Å². The van der Waals surface area contributed by atoms with Crippen LogP contribution in [0.25, 0.3) is 0 Å². The highest BCUT2D eigenvalue weighted by Gasteiger charge is 2.13. The monoisotopic (exact) mass is 283 g/mol. The highest BCUT2D eigenvalue weighted by atomic mass is 35.5. The fourth-order valence-corrected chi connectivity index (χ4v) is 2.31. The maximum Gasteiger partial charge on any atom is 0.131 e. The van der Waals surface area contributed by atoms with Crippen LogP contribution < -0.4 is 0 Å². The Hall–Kier alpha value is -0.800. The summed E-state index contributed by atoms with van der Waals surface area (Å²) in [6.45, 7) is 10.5. The molecule has 0 bridgehead atoms. The van der Waals surface area contributed by atoms with Crippen LogP contribution in [0.5, 0.6) is 0 Å². The summed E-state index contributed by atoms with van der Waals surface area (Å²) < 4.78 is 0. The zero-order chi connectivity index (χ0) is 14.3. The third-order valence-corrected chi connectivity index (χ3v) is 3.64. The molecule has 0 aromatic rings. The van der Waals surface area contributed by atoms with Crippen LogP contribution in [0.3, 0.4) is 0 Å². The Morgan fingerprint density at radius 3 is 2.63 bits per heavy atom. The quantitative estimate of drug-likeness (QED) is 0.736. The molecule has 4 heteroatoms. The Morgan fingerprint density at radius 1 is 1.26 bits per heavy atom. The Bertz CT molecular complexity index is 372. The van der Waals surface area contributed by atoms with Crippen LogP contribution in [0, 0.1) is 0 Å². The molecule has 108 valence electrons. The molecule has 0 amide bonds. The molecule has 0 radical (unpaired) electrons. The smallest absolute Gasteiger partial charge is 0.131 e. The lowest BCUT2D eigenvalue weighted by atomic mass is 10.2. The van der Waals surface area contributed by atoms with E-state index in [9.17, 15) is 0 Å². The summed E-state index contributed by atoms with van der Waals surface area (Å²) >= 11 is 6.21. The molecule has 3 nitrogen and oxygen atoms in total. The number of hydrogen-bond donors (Lipinski definition) is 0. The molecule has 1 saturated heterocycles. The molecule has 0 aliphatic carbocycles.